The van der Waals surface area contributed by atoms with Gasteiger partial charge in [-0.3, -0.25) is 10.1 Å². The molecule has 1 rings (SSSR count). The Balaban J connectivity index is 2.32. The van der Waals surface area contributed by atoms with Crippen LogP contribution in [0.25, 0.3) is 0 Å². The van der Waals surface area contributed by atoms with Crippen LogP contribution in [0, 0.1) is 10.1 Å². The average molecular weight is 157 g/mol. The highest BCUT2D eigenvalue weighted by Crippen LogP contribution is 2.18. The lowest BCUT2D eigenvalue weighted by molar-refractivity contribution is -0.524. The number of nitrogens with zero attached hydrogens (tertiary/aromatic N) is 1. The molecule has 0 radical (unpaired) electrons. The van der Waals surface area contributed by atoms with Gasteiger partial charge < -0.3 is 0 Å². The molecule has 0 amide bonds. The molecule has 0 saturated heterocycles. The maximum atomic E-state index is 10.4. The maximum Gasteiger partial charge on any atom is 0.213 e. The van der Waals surface area contributed by atoms with Gasteiger partial charge in [-0.15, -0.1) is 0 Å². The van der Waals surface area contributed by atoms with Gasteiger partial charge in [-0.05, 0) is 12.8 Å². The molecule has 1 aliphatic carbocycles. The summed E-state index contributed by atoms with van der Waals surface area (Å²) in [5, 5.41) is 10.4. The average Bonchev–Trinajstić information content (AvgIpc) is 1.84. The lowest BCUT2D eigenvalue weighted by Crippen LogP contribution is -2.20. The summed E-state index contributed by atoms with van der Waals surface area (Å²) in [6.45, 7) is 0. The summed E-state index contributed by atoms with van der Waals surface area (Å²) in [4.78, 5) is 10.3. The van der Waals surface area contributed by atoms with Crippen LogP contribution < -0.4 is 0 Å². The molecule has 0 spiro atoms. The molecule has 1 fully saturated rings. The van der Waals surface area contributed by atoms with Crippen LogP contribution in [0.1, 0.15) is 44.9 Å². The van der Waals surface area contributed by atoms with E-state index in [9.17, 15) is 10.1 Å². The third-order valence-electron chi connectivity index (χ3n) is 2.37. The second-order valence-electron chi connectivity index (χ2n) is 3.28. The van der Waals surface area contributed by atoms with Crippen LogP contribution in [-0.4, -0.2) is 11.0 Å². The first kappa shape index (κ1) is 8.50. The molecule has 1 saturated carbocycles. The topological polar surface area (TPSA) is 43.1 Å². The van der Waals surface area contributed by atoms with E-state index >= 15 is 0 Å². The van der Waals surface area contributed by atoms with E-state index in [2.05, 4.69) is 0 Å². The van der Waals surface area contributed by atoms with Crippen LogP contribution in [0.3, 0.4) is 0 Å². The predicted octanol–water partition coefficient (Wildman–Crippen LogP) is 2.38. The molecule has 0 unspecified atom stereocenters. The van der Waals surface area contributed by atoms with Crippen molar-refractivity contribution in [3.8, 4) is 0 Å². The van der Waals surface area contributed by atoms with Crippen LogP contribution in [0.2, 0.25) is 0 Å². The van der Waals surface area contributed by atoms with Gasteiger partial charge in [-0.1, -0.05) is 19.3 Å². The van der Waals surface area contributed by atoms with Crippen molar-refractivity contribution in [2.24, 2.45) is 0 Å². The summed E-state index contributed by atoms with van der Waals surface area (Å²) in [6, 6.07) is -0.240. The third kappa shape index (κ3) is 2.87. The Morgan fingerprint density at radius 3 is 1.91 bits per heavy atom. The molecule has 0 aliphatic heterocycles. The predicted molar refractivity (Wildman–Crippen MR) is 43.1 cm³/mol. The molecule has 0 N–H and O–H groups in total. The largest absolute Gasteiger partial charge is 0.264 e. The minimum Gasteiger partial charge on any atom is -0.264 e. The SMILES string of the molecule is O=[N+]([O-])C1CCCCCCC1. The van der Waals surface area contributed by atoms with Gasteiger partial charge in [-0.25, -0.2) is 0 Å². The molecular formula is C8H15NO2. The summed E-state index contributed by atoms with van der Waals surface area (Å²) in [5.74, 6) is 0. The lowest BCUT2D eigenvalue weighted by atomic mass is 9.97. The van der Waals surface area contributed by atoms with E-state index in [1.807, 2.05) is 0 Å². The van der Waals surface area contributed by atoms with Gasteiger partial charge in [0.2, 0.25) is 6.04 Å². The fourth-order valence-electron chi connectivity index (χ4n) is 1.65. The van der Waals surface area contributed by atoms with Gasteiger partial charge in [-0.2, -0.15) is 0 Å². The Morgan fingerprint density at radius 2 is 1.45 bits per heavy atom. The zero-order valence-electron chi connectivity index (χ0n) is 6.79. The third-order valence-corrected chi connectivity index (χ3v) is 2.37. The molecule has 0 heterocycles. The molecular weight excluding hydrogens is 142 g/mol. The van der Waals surface area contributed by atoms with E-state index in [-0.39, 0.29) is 11.0 Å². The molecule has 64 valence electrons. The molecule has 11 heavy (non-hydrogen) atoms. The van der Waals surface area contributed by atoms with Crippen molar-refractivity contribution in [3.63, 3.8) is 0 Å². The second kappa shape index (κ2) is 4.31. The monoisotopic (exact) mass is 157 g/mol. The van der Waals surface area contributed by atoms with Gasteiger partial charge in [0, 0.05) is 17.8 Å². The Bertz CT molecular complexity index is 128. The fraction of sp³-hybridized carbons (Fsp3) is 1.00. The van der Waals surface area contributed by atoms with E-state index < -0.39 is 0 Å². The van der Waals surface area contributed by atoms with Gasteiger partial charge >= 0.3 is 0 Å². The highest BCUT2D eigenvalue weighted by Gasteiger charge is 2.19. The van der Waals surface area contributed by atoms with E-state index in [1.54, 1.807) is 0 Å². The zero-order valence-corrected chi connectivity index (χ0v) is 6.79. The number of nitro groups is 1. The van der Waals surface area contributed by atoms with Crippen molar-refractivity contribution in [3.05, 3.63) is 10.1 Å². The van der Waals surface area contributed by atoms with Gasteiger partial charge in [0.1, 0.15) is 0 Å². The zero-order chi connectivity index (χ0) is 8.10. The number of rotatable bonds is 1. The summed E-state index contributed by atoms with van der Waals surface area (Å²) >= 11 is 0. The molecule has 3 heteroatoms. The first-order valence-corrected chi connectivity index (χ1v) is 4.44. The Hall–Kier alpha value is -0.600. The van der Waals surface area contributed by atoms with Crippen LogP contribution in [0.5, 0.6) is 0 Å². The lowest BCUT2D eigenvalue weighted by Gasteiger charge is -2.12. The van der Waals surface area contributed by atoms with Crippen LogP contribution in [-0.2, 0) is 0 Å². The Morgan fingerprint density at radius 1 is 1.00 bits per heavy atom. The van der Waals surface area contributed by atoms with Crippen molar-refractivity contribution in [1.29, 1.82) is 0 Å². The second-order valence-corrected chi connectivity index (χ2v) is 3.28. The first-order valence-electron chi connectivity index (χ1n) is 4.44. The van der Waals surface area contributed by atoms with Crippen LogP contribution >= 0.6 is 0 Å². The normalized spacial score (nSPS) is 22.2. The summed E-state index contributed by atoms with van der Waals surface area (Å²) in [6.07, 6.45) is 7.33. The van der Waals surface area contributed by atoms with Crippen molar-refractivity contribution >= 4 is 0 Å². The molecule has 0 aromatic rings. The summed E-state index contributed by atoms with van der Waals surface area (Å²) < 4.78 is 0. The molecule has 0 atom stereocenters. The van der Waals surface area contributed by atoms with E-state index in [0.29, 0.717) is 0 Å². The van der Waals surface area contributed by atoms with Crippen molar-refractivity contribution in [1.82, 2.24) is 0 Å². The number of hydrogen-bond donors (Lipinski definition) is 0. The first-order chi connectivity index (χ1) is 5.30. The van der Waals surface area contributed by atoms with E-state index in [4.69, 9.17) is 0 Å². The van der Waals surface area contributed by atoms with Crippen molar-refractivity contribution in [2.45, 2.75) is 51.0 Å². The molecule has 1 aliphatic rings. The summed E-state index contributed by atoms with van der Waals surface area (Å²) in [5.41, 5.74) is 0. The molecule has 0 aromatic heterocycles. The van der Waals surface area contributed by atoms with E-state index in [1.165, 1.54) is 19.3 Å². The maximum absolute atomic E-state index is 10.4. The van der Waals surface area contributed by atoms with Crippen molar-refractivity contribution in [2.75, 3.05) is 0 Å². The smallest absolute Gasteiger partial charge is 0.213 e. The van der Waals surface area contributed by atoms with Crippen LogP contribution in [0.4, 0.5) is 0 Å². The summed E-state index contributed by atoms with van der Waals surface area (Å²) in [7, 11) is 0. The van der Waals surface area contributed by atoms with E-state index in [0.717, 1.165) is 25.7 Å². The quantitative estimate of drug-likeness (QED) is 0.433. The van der Waals surface area contributed by atoms with Crippen molar-refractivity contribution < 1.29 is 4.92 Å². The van der Waals surface area contributed by atoms with Crippen LogP contribution in [0.15, 0.2) is 0 Å². The fourth-order valence-corrected chi connectivity index (χ4v) is 1.65. The van der Waals surface area contributed by atoms with Gasteiger partial charge in [0.15, 0.2) is 0 Å². The minimum absolute atomic E-state index is 0.106. The number of hydrogen-bond acceptors (Lipinski definition) is 2. The minimum atomic E-state index is -0.240. The highest BCUT2D eigenvalue weighted by molar-refractivity contribution is 4.61. The van der Waals surface area contributed by atoms with Gasteiger partial charge in [0.25, 0.3) is 0 Å². The highest BCUT2D eigenvalue weighted by atomic mass is 16.6. The Labute approximate surface area is 66.9 Å². The van der Waals surface area contributed by atoms with Gasteiger partial charge in [0.05, 0.1) is 0 Å². The molecule has 0 bridgehead atoms. The Kier molecular flexibility index (Phi) is 3.33. The molecule has 3 nitrogen and oxygen atoms in total. The molecule has 0 aromatic carbocycles. The standard InChI is InChI=1S/C8H15NO2/c10-9(11)8-6-4-2-1-3-5-7-8/h8H,1-7H2.